The zero-order valence-corrected chi connectivity index (χ0v) is 14.7. The highest BCUT2D eigenvalue weighted by Gasteiger charge is 2.32. The van der Waals surface area contributed by atoms with Crippen LogP contribution in [-0.2, 0) is 4.79 Å². The summed E-state index contributed by atoms with van der Waals surface area (Å²) in [6.45, 7) is 8.79. The molecule has 1 saturated carbocycles. The van der Waals surface area contributed by atoms with Crippen LogP contribution in [0.4, 0.5) is 0 Å². The number of likely N-dealkylation sites (tertiary alicyclic amines) is 1. The molecule has 3 rings (SSSR count). The molecule has 2 aliphatic heterocycles. The first kappa shape index (κ1) is 18.0. The van der Waals surface area contributed by atoms with Gasteiger partial charge in [-0.3, -0.25) is 9.69 Å². The van der Waals surface area contributed by atoms with Crippen LogP contribution in [0.15, 0.2) is 0 Å². The summed E-state index contributed by atoms with van der Waals surface area (Å²) in [5.74, 6) is 1.90. The molecule has 3 fully saturated rings. The number of carbonyl (C=O) groups excluding carboxylic acids is 1. The lowest BCUT2D eigenvalue weighted by atomic mass is 9.80. The van der Waals surface area contributed by atoms with Gasteiger partial charge in [0.2, 0.25) is 5.91 Å². The van der Waals surface area contributed by atoms with Gasteiger partial charge in [0.05, 0.1) is 0 Å². The van der Waals surface area contributed by atoms with Crippen molar-refractivity contribution in [2.45, 2.75) is 51.5 Å². The number of nitrogens with one attached hydrogen (secondary N) is 1. The van der Waals surface area contributed by atoms with Crippen molar-refractivity contribution in [1.82, 2.24) is 15.1 Å². The summed E-state index contributed by atoms with van der Waals surface area (Å²) >= 11 is 0. The number of nitrogens with zero attached hydrogens (tertiary/aromatic N) is 2. The summed E-state index contributed by atoms with van der Waals surface area (Å²) in [6, 6.07) is 0.612. The minimum atomic E-state index is 0. The normalized spacial score (nSPS) is 33.5. The Balaban J connectivity index is 0.00000176. The Morgan fingerprint density at radius 2 is 1.91 bits per heavy atom. The average molecular weight is 330 g/mol. The van der Waals surface area contributed by atoms with Crippen molar-refractivity contribution in [2.75, 3.05) is 39.3 Å². The number of halogens is 1. The summed E-state index contributed by atoms with van der Waals surface area (Å²) in [7, 11) is 0. The number of hydrogen-bond donors (Lipinski definition) is 1. The van der Waals surface area contributed by atoms with Crippen molar-refractivity contribution in [3.63, 3.8) is 0 Å². The van der Waals surface area contributed by atoms with Crippen LogP contribution < -0.4 is 5.32 Å². The topological polar surface area (TPSA) is 35.6 Å². The Bertz CT molecular complexity index is 360. The minimum Gasteiger partial charge on any atom is -0.341 e. The Kier molecular flexibility index (Phi) is 6.97. The number of carbonyl (C=O) groups is 1. The Labute approximate surface area is 141 Å². The summed E-state index contributed by atoms with van der Waals surface area (Å²) in [6.07, 6.45) is 7.19. The maximum Gasteiger partial charge on any atom is 0.222 e. The molecule has 4 nitrogen and oxygen atoms in total. The molecule has 2 heterocycles. The first-order chi connectivity index (χ1) is 10.2. The van der Waals surface area contributed by atoms with E-state index in [1.165, 1.54) is 32.1 Å². The maximum atomic E-state index is 12.5. The third kappa shape index (κ3) is 4.59. The number of hydrogen-bond acceptors (Lipinski definition) is 3. The van der Waals surface area contributed by atoms with Crippen LogP contribution in [0.25, 0.3) is 0 Å². The second-order valence-electron chi connectivity index (χ2n) is 7.41. The molecule has 0 aromatic heterocycles. The Hall–Kier alpha value is -0.320. The SMILES string of the molecule is CC1CCCC(CC(=O)N2CCC(N3CCNCC3)C2)C1.Cl. The fraction of sp³-hybridized carbons (Fsp3) is 0.941. The molecule has 128 valence electrons. The fourth-order valence-electron chi connectivity index (χ4n) is 4.43. The van der Waals surface area contributed by atoms with Crippen LogP contribution in [0, 0.1) is 11.8 Å². The molecule has 0 aromatic rings. The predicted octanol–water partition coefficient (Wildman–Crippen LogP) is 2.13. The van der Waals surface area contributed by atoms with Gasteiger partial charge in [0, 0.05) is 51.7 Å². The van der Waals surface area contributed by atoms with Gasteiger partial charge in [-0.05, 0) is 31.1 Å². The van der Waals surface area contributed by atoms with Crippen LogP contribution >= 0.6 is 12.4 Å². The van der Waals surface area contributed by atoms with E-state index in [1.807, 2.05) is 0 Å². The molecule has 22 heavy (non-hydrogen) atoms. The third-order valence-electron chi connectivity index (χ3n) is 5.69. The second-order valence-corrected chi connectivity index (χ2v) is 7.41. The zero-order chi connectivity index (χ0) is 14.7. The van der Waals surface area contributed by atoms with E-state index < -0.39 is 0 Å². The quantitative estimate of drug-likeness (QED) is 0.861. The van der Waals surface area contributed by atoms with Crippen LogP contribution in [0.5, 0.6) is 0 Å². The van der Waals surface area contributed by atoms with Crippen molar-refractivity contribution in [3.05, 3.63) is 0 Å². The van der Waals surface area contributed by atoms with Gasteiger partial charge in [0.15, 0.2) is 0 Å². The molecule has 0 bridgehead atoms. The molecule has 1 aliphatic carbocycles. The van der Waals surface area contributed by atoms with Gasteiger partial charge in [0.1, 0.15) is 0 Å². The highest BCUT2D eigenvalue weighted by Crippen LogP contribution is 2.31. The molecule has 5 heteroatoms. The molecule has 0 radical (unpaired) electrons. The van der Waals surface area contributed by atoms with Crippen LogP contribution in [0.1, 0.15) is 45.4 Å². The van der Waals surface area contributed by atoms with Gasteiger partial charge < -0.3 is 10.2 Å². The summed E-state index contributed by atoms with van der Waals surface area (Å²) in [5, 5.41) is 3.41. The van der Waals surface area contributed by atoms with Gasteiger partial charge in [0.25, 0.3) is 0 Å². The summed E-state index contributed by atoms with van der Waals surface area (Å²) < 4.78 is 0. The molecule has 1 N–H and O–H groups in total. The van der Waals surface area contributed by atoms with Gasteiger partial charge >= 0.3 is 0 Å². The largest absolute Gasteiger partial charge is 0.341 e. The summed E-state index contributed by atoms with van der Waals surface area (Å²) in [5.41, 5.74) is 0. The highest BCUT2D eigenvalue weighted by atomic mass is 35.5. The van der Waals surface area contributed by atoms with Crippen LogP contribution in [0.2, 0.25) is 0 Å². The molecular formula is C17H32ClN3O. The molecule has 0 aromatic carbocycles. The highest BCUT2D eigenvalue weighted by molar-refractivity contribution is 5.85. The lowest BCUT2D eigenvalue weighted by molar-refractivity contribution is -0.131. The lowest BCUT2D eigenvalue weighted by Gasteiger charge is -2.32. The molecule has 0 spiro atoms. The van der Waals surface area contributed by atoms with Gasteiger partial charge in [-0.25, -0.2) is 0 Å². The molecule has 3 unspecified atom stereocenters. The average Bonchev–Trinajstić information content (AvgIpc) is 2.98. The molecular weight excluding hydrogens is 298 g/mol. The van der Waals surface area contributed by atoms with E-state index in [4.69, 9.17) is 0 Å². The van der Waals surface area contributed by atoms with E-state index in [-0.39, 0.29) is 12.4 Å². The zero-order valence-electron chi connectivity index (χ0n) is 13.9. The first-order valence-electron chi connectivity index (χ1n) is 8.95. The van der Waals surface area contributed by atoms with Crippen molar-refractivity contribution >= 4 is 18.3 Å². The van der Waals surface area contributed by atoms with Crippen molar-refractivity contribution in [2.24, 2.45) is 11.8 Å². The maximum absolute atomic E-state index is 12.5. The number of amides is 1. The molecule has 1 amide bonds. The van der Waals surface area contributed by atoms with Crippen LogP contribution in [0.3, 0.4) is 0 Å². The molecule has 3 aliphatic rings. The minimum absolute atomic E-state index is 0. The Morgan fingerprint density at radius 3 is 2.64 bits per heavy atom. The van der Waals surface area contributed by atoms with E-state index in [0.717, 1.165) is 51.6 Å². The monoisotopic (exact) mass is 329 g/mol. The second kappa shape index (κ2) is 8.51. The van der Waals surface area contributed by atoms with E-state index in [2.05, 4.69) is 22.0 Å². The van der Waals surface area contributed by atoms with Crippen molar-refractivity contribution in [3.8, 4) is 0 Å². The molecule has 3 atom stereocenters. The Morgan fingerprint density at radius 1 is 1.14 bits per heavy atom. The van der Waals surface area contributed by atoms with Gasteiger partial charge in [-0.15, -0.1) is 12.4 Å². The smallest absolute Gasteiger partial charge is 0.222 e. The van der Waals surface area contributed by atoms with E-state index in [1.54, 1.807) is 0 Å². The lowest BCUT2D eigenvalue weighted by Crippen LogP contribution is -2.49. The van der Waals surface area contributed by atoms with Gasteiger partial charge in [-0.1, -0.05) is 19.8 Å². The van der Waals surface area contributed by atoms with Crippen LogP contribution in [-0.4, -0.2) is 61.0 Å². The predicted molar refractivity (Wildman–Crippen MR) is 92.4 cm³/mol. The molecule has 2 saturated heterocycles. The number of rotatable bonds is 3. The number of piperazine rings is 1. The summed E-state index contributed by atoms with van der Waals surface area (Å²) in [4.78, 5) is 17.3. The van der Waals surface area contributed by atoms with Crippen molar-refractivity contribution < 1.29 is 4.79 Å². The third-order valence-corrected chi connectivity index (χ3v) is 5.69. The fourth-order valence-corrected chi connectivity index (χ4v) is 4.43. The van der Waals surface area contributed by atoms with E-state index in [9.17, 15) is 4.79 Å². The van der Waals surface area contributed by atoms with E-state index in [0.29, 0.717) is 17.9 Å². The van der Waals surface area contributed by atoms with Gasteiger partial charge in [-0.2, -0.15) is 0 Å². The van der Waals surface area contributed by atoms with E-state index >= 15 is 0 Å². The van der Waals surface area contributed by atoms with Crippen molar-refractivity contribution in [1.29, 1.82) is 0 Å². The first-order valence-corrected chi connectivity index (χ1v) is 8.95. The standard InChI is InChI=1S/C17H31N3O.ClH/c1-14-3-2-4-15(11-14)12-17(21)20-8-5-16(13-20)19-9-6-18-7-10-19;/h14-16,18H,2-13H2,1H3;1H.